The second-order valence-electron chi connectivity index (χ2n) is 11.8. The summed E-state index contributed by atoms with van der Waals surface area (Å²) in [5.74, 6) is 1.98. The Morgan fingerprint density at radius 1 is 0.540 bits per heavy atom. The fraction of sp³-hybridized carbons (Fsp3) is 0. The smallest absolute Gasteiger partial charge is 0.135 e. The molecule has 3 heterocycles. The molecule has 9 rings (SSSR count). The molecule has 0 spiro atoms. The first-order valence-electron chi connectivity index (χ1n) is 16.2. The van der Waals surface area contributed by atoms with E-state index in [0.29, 0.717) is 11.5 Å². The fourth-order valence-corrected chi connectivity index (χ4v) is 6.49. The van der Waals surface area contributed by atoms with Crippen molar-refractivity contribution in [2.75, 3.05) is 14.7 Å². The Bertz CT molecular complexity index is 2310. The number of benzene rings is 6. The summed E-state index contributed by atoms with van der Waals surface area (Å²) in [4.78, 5) is 11.1. The van der Waals surface area contributed by atoms with E-state index in [9.17, 15) is 0 Å². The number of aromatic nitrogens is 1. The molecule has 244 valence electrons. The molecule has 2 aliphatic heterocycles. The molecule has 0 saturated carbocycles. The Balaban J connectivity index is 0.00000361. The van der Waals surface area contributed by atoms with Crippen LogP contribution in [0.2, 0.25) is 0 Å². The molecule has 0 unspecified atom stereocenters. The largest absolute Gasteiger partial charge is 0.509 e. The zero-order valence-electron chi connectivity index (χ0n) is 26.8. The van der Waals surface area contributed by atoms with Crippen LogP contribution in [0.5, 0.6) is 11.5 Å². The summed E-state index contributed by atoms with van der Waals surface area (Å²) in [5.41, 5.74) is 10.6. The summed E-state index contributed by atoms with van der Waals surface area (Å²) < 4.78 is 6.50. The second-order valence-corrected chi connectivity index (χ2v) is 11.8. The van der Waals surface area contributed by atoms with Crippen LogP contribution in [0.25, 0.3) is 33.4 Å². The van der Waals surface area contributed by atoms with Crippen LogP contribution in [0.15, 0.2) is 170 Å². The van der Waals surface area contributed by atoms with Crippen LogP contribution in [0.4, 0.5) is 28.6 Å². The molecular weight excluding hydrogens is 707 g/mol. The molecule has 6 heteroatoms. The third-order valence-corrected chi connectivity index (χ3v) is 8.79. The molecule has 7 aromatic rings. The minimum absolute atomic E-state index is 0. The number of hydrogen-bond acceptors (Lipinski definition) is 5. The number of nitrogens with zero attached hydrogens (tertiary/aromatic N) is 4. The maximum absolute atomic E-state index is 6.50. The van der Waals surface area contributed by atoms with Crippen LogP contribution >= 0.6 is 0 Å². The second kappa shape index (κ2) is 13.5. The summed E-state index contributed by atoms with van der Waals surface area (Å²) in [6.45, 7) is 2.03. The van der Waals surface area contributed by atoms with E-state index in [1.165, 1.54) is 5.56 Å². The first kappa shape index (κ1) is 31.3. The van der Waals surface area contributed by atoms with Gasteiger partial charge in [0.05, 0.1) is 5.69 Å². The number of fused-ring (bicyclic) bond motifs is 5. The van der Waals surface area contributed by atoms with Crippen molar-refractivity contribution in [3.8, 4) is 44.9 Å². The molecule has 1 aromatic heterocycles. The van der Waals surface area contributed by atoms with Gasteiger partial charge in [-0.25, -0.2) is 4.98 Å². The number of pyridine rings is 1. The molecule has 0 N–H and O–H groups in total. The van der Waals surface area contributed by atoms with Crippen LogP contribution in [-0.2, 0) is 20.4 Å². The maximum Gasteiger partial charge on any atom is 0.135 e. The number of para-hydroxylation sites is 1. The minimum atomic E-state index is 0. The van der Waals surface area contributed by atoms with Gasteiger partial charge in [-0.2, -0.15) is 12.1 Å². The van der Waals surface area contributed by atoms with Crippen LogP contribution in [-0.4, -0.2) is 4.98 Å². The molecule has 0 radical (unpaired) electrons. The van der Waals surface area contributed by atoms with Gasteiger partial charge in [-0.3, -0.25) is 0 Å². The molecule has 5 nitrogen and oxygen atoms in total. The predicted octanol–water partition coefficient (Wildman–Crippen LogP) is 11.2. The van der Waals surface area contributed by atoms with E-state index in [4.69, 9.17) is 9.72 Å². The van der Waals surface area contributed by atoms with Crippen LogP contribution < -0.4 is 19.4 Å². The maximum atomic E-state index is 6.50. The molecule has 0 saturated heterocycles. The Morgan fingerprint density at radius 2 is 1.26 bits per heavy atom. The molecule has 0 bridgehead atoms. The number of rotatable bonds is 6. The average molecular weight is 736 g/mol. The SMILES string of the molecule is [Pd].[c-]1c(Oc2[c-]c3c(cc2)-c2ccccc2-c2cc(-c4ccccc4)ccc2N3c2ccccn2)cccc1N1C=CN(c2ccccc2)[CH-]1. The molecule has 0 fully saturated rings. The summed E-state index contributed by atoms with van der Waals surface area (Å²) in [6.07, 6.45) is 5.87. The average Bonchev–Trinajstić information content (AvgIpc) is 3.63. The summed E-state index contributed by atoms with van der Waals surface area (Å²) in [6, 6.07) is 59.1. The van der Waals surface area contributed by atoms with E-state index < -0.39 is 0 Å². The number of hydrogen-bond donors (Lipinski definition) is 0. The van der Waals surface area contributed by atoms with E-state index in [1.54, 1.807) is 0 Å². The van der Waals surface area contributed by atoms with E-state index in [-0.39, 0.29) is 20.4 Å². The van der Waals surface area contributed by atoms with Gasteiger partial charge in [-0.05, 0) is 65.5 Å². The zero-order chi connectivity index (χ0) is 32.6. The van der Waals surface area contributed by atoms with Crippen molar-refractivity contribution < 1.29 is 25.2 Å². The topological polar surface area (TPSA) is 31.8 Å². The van der Waals surface area contributed by atoms with Crippen molar-refractivity contribution in [3.63, 3.8) is 0 Å². The molecule has 50 heavy (non-hydrogen) atoms. The Kier molecular flexibility index (Phi) is 8.48. The quantitative estimate of drug-likeness (QED) is 0.125. The van der Waals surface area contributed by atoms with Crippen molar-refractivity contribution >= 4 is 28.6 Å². The van der Waals surface area contributed by atoms with Crippen molar-refractivity contribution in [2.45, 2.75) is 0 Å². The molecule has 0 aliphatic carbocycles. The van der Waals surface area contributed by atoms with Gasteiger partial charge in [0.2, 0.25) is 0 Å². The molecule has 0 atom stereocenters. The van der Waals surface area contributed by atoms with E-state index in [1.807, 2.05) is 96.9 Å². The number of ether oxygens (including phenoxy) is 1. The van der Waals surface area contributed by atoms with Gasteiger partial charge in [0, 0.05) is 49.4 Å². The van der Waals surface area contributed by atoms with E-state index in [2.05, 4.69) is 107 Å². The van der Waals surface area contributed by atoms with Gasteiger partial charge in [-0.15, -0.1) is 48.3 Å². The summed E-state index contributed by atoms with van der Waals surface area (Å²) in [7, 11) is 0. The standard InChI is InChI=1S/C44H29N4O.Pd/c1-3-12-32(13-4-1)33-21-24-42-41(28-33)39-19-8-7-18-38(39)40-23-22-37(30-43(40)48(42)44-20-9-10-25-45-44)49-36-17-11-16-35(29-36)47-27-26-46(31-47)34-14-5-2-6-15-34;/h1-28,31H;/q-3;. The van der Waals surface area contributed by atoms with Crippen molar-refractivity contribution in [3.05, 3.63) is 189 Å². The van der Waals surface area contributed by atoms with E-state index >= 15 is 0 Å². The Hall–Kier alpha value is -5.93. The zero-order valence-corrected chi connectivity index (χ0v) is 28.3. The summed E-state index contributed by atoms with van der Waals surface area (Å²) in [5, 5.41) is 0. The van der Waals surface area contributed by atoms with Gasteiger partial charge in [0.15, 0.2) is 0 Å². The molecule has 2 aliphatic rings. The first-order chi connectivity index (χ1) is 24.3. The third-order valence-electron chi connectivity index (χ3n) is 8.79. The van der Waals surface area contributed by atoms with Gasteiger partial charge < -0.3 is 19.4 Å². The Labute approximate surface area is 306 Å². The predicted molar refractivity (Wildman–Crippen MR) is 198 cm³/mol. The van der Waals surface area contributed by atoms with E-state index in [0.717, 1.165) is 56.4 Å². The van der Waals surface area contributed by atoms with Crippen molar-refractivity contribution in [1.82, 2.24) is 4.98 Å². The number of anilines is 5. The van der Waals surface area contributed by atoms with Crippen LogP contribution in [0.1, 0.15) is 0 Å². The van der Waals surface area contributed by atoms with Gasteiger partial charge in [-0.1, -0.05) is 96.2 Å². The molecule has 0 amide bonds. The van der Waals surface area contributed by atoms with Crippen LogP contribution in [0, 0.1) is 18.8 Å². The third kappa shape index (κ3) is 5.86. The summed E-state index contributed by atoms with van der Waals surface area (Å²) >= 11 is 0. The molecule has 6 aromatic carbocycles. The van der Waals surface area contributed by atoms with Crippen molar-refractivity contribution in [2.24, 2.45) is 0 Å². The van der Waals surface area contributed by atoms with Gasteiger partial charge >= 0.3 is 0 Å². The van der Waals surface area contributed by atoms with Gasteiger partial charge in [0.25, 0.3) is 0 Å². The van der Waals surface area contributed by atoms with Crippen molar-refractivity contribution in [1.29, 1.82) is 0 Å². The fourth-order valence-electron chi connectivity index (χ4n) is 6.49. The minimum Gasteiger partial charge on any atom is -0.509 e. The van der Waals surface area contributed by atoms with Crippen LogP contribution in [0.3, 0.4) is 0 Å². The monoisotopic (exact) mass is 735 g/mol. The molecular formula is C44H29N4OPd-3. The normalized spacial score (nSPS) is 12.8. The van der Waals surface area contributed by atoms with Gasteiger partial charge in [0.1, 0.15) is 5.82 Å². The Morgan fingerprint density at radius 3 is 2.06 bits per heavy atom. The first-order valence-corrected chi connectivity index (χ1v) is 16.2.